The first kappa shape index (κ1) is 21.3. The highest BCUT2D eigenvalue weighted by molar-refractivity contribution is 5.39. The van der Waals surface area contributed by atoms with Crippen LogP contribution in [0.2, 0.25) is 0 Å². The maximum Gasteiger partial charge on any atom is 0.224 e. The number of nitrogens with one attached hydrogen (secondary N) is 2. The summed E-state index contributed by atoms with van der Waals surface area (Å²) in [5.74, 6) is 1.22. The topological polar surface area (TPSA) is 105 Å². The van der Waals surface area contributed by atoms with Crippen LogP contribution in [0.25, 0.3) is 0 Å². The number of aryl methyl sites for hydroxylation is 1. The number of nitrogens with zero attached hydrogens (tertiary/aromatic N) is 4. The van der Waals surface area contributed by atoms with Gasteiger partial charge in [0, 0.05) is 37.7 Å². The van der Waals surface area contributed by atoms with Gasteiger partial charge in [-0.3, -0.25) is 9.78 Å². The molecule has 3 N–H and O–H groups in total. The maximum atomic E-state index is 11.4. The minimum absolute atomic E-state index is 0.152. The van der Waals surface area contributed by atoms with Crippen molar-refractivity contribution in [2.75, 3.05) is 17.2 Å². The number of hydrogen-bond acceptors (Lipinski definition) is 7. The molecule has 0 aliphatic carbocycles. The van der Waals surface area contributed by atoms with Crippen molar-refractivity contribution in [2.24, 2.45) is 0 Å². The zero-order valence-electron chi connectivity index (χ0n) is 17.2. The van der Waals surface area contributed by atoms with Crippen LogP contribution >= 0.6 is 0 Å². The highest BCUT2D eigenvalue weighted by Gasteiger charge is 2.04. The van der Waals surface area contributed by atoms with Crippen molar-refractivity contribution in [3.8, 4) is 5.75 Å². The molecule has 158 valence electrons. The largest absolute Gasteiger partial charge is 0.503 e. The number of unbranched alkanes of at least 4 members (excludes halogenated alkanes) is 3. The van der Waals surface area contributed by atoms with Crippen molar-refractivity contribution < 1.29 is 5.11 Å². The van der Waals surface area contributed by atoms with E-state index in [0.29, 0.717) is 18.2 Å². The van der Waals surface area contributed by atoms with E-state index in [0.717, 1.165) is 50.3 Å². The fourth-order valence-corrected chi connectivity index (χ4v) is 3.10. The quantitative estimate of drug-likeness (QED) is 0.418. The summed E-state index contributed by atoms with van der Waals surface area (Å²) in [6.07, 6.45) is 9.45. The van der Waals surface area contributed by atoms with Crippen LogP contribution in [0.3, 0.4) is 0 Å². The summed E-state index contributed by atoms with van der Waals surface area (Å²) in [6, 6.07) is 9.07. The van der Waals surface area contributed by atoms with Crippen molar-refractivity contribution >= 4 is 11.8 Å². The molecule has 0 aromatic carbocycles. The smallest absolute Gasteiger partial charge is 0.224 e. The molecule has 3 aromatic heterocycles. The average molecular weight is 409 g/mol. The molecule has 0 radical (unpaired) electrons. The lowest BCUT2D eigenvalue weighted by molar-refractivity contribution is 0.449. The maximum absolute atomic E-state index is 11.4. The van der Waals surface area contributed by atoms with E-state index in [4.69, 9.17) is 0 Å². The van der Waals surface area contributed by atoms with Gasteiger partial charge < -0.3 is 20.3 Å². The third-order valence-corrected chi connectivity index (χ3v) is 4.85. The second-order valence-corrected chi connectivity index (χ2v) is 7.09. The van der Waals surface area contributed by atoms with Gasteiger partial charge in [-0.15, -0.1) is 0 Å². The number of rotatable bonds is 11. The van der Waals surface area contributed by atoms with Crippen LogP contribution in [-0.4, -0.2) is 31.2 Å². The number of hydrogen-bond donors (Lipinski definition) is 3. The Labute approximate surface area is 176 Å². The normalized spacial score (nSPS) is 10.7. The van der Waals surface area contributed by atoms with E-state index in [2.05, 4.69) is 25.6 Å². The summed E-state index contributed by atoms with van der Waals surface area (Å²) in [5.41, 5.74) is 1.24. The molecular formula is C22H28N6O2. The summed E-state index contributed by atoms with van der Waals surface area (Å²) in [6.45, 7) is 3.98. The average Bonchev–Trinajstić information content (AvgIpc) is 2.78. The molecular weight excluding hydrogens is 380 g/mol. The summed E-state index contributed by atoms with van der Waals surface area (Å²) >= 11 is 0. The standard InChI is InChI=1S/C22H28N6O2/c1-17-21(30)19(29)10-15-28(17)14-7-3-2-5-12-24-20-9-13-25-22(27-20)26-16-18-8-4-6-11-23-18/h4,6,8-11,13,15,30H,2-3,5,7,12,14,16H2,1H3,(H2,24,25,26,27). The van der Waals surface area contributed by atoms with Crippen LogP contribution in [0, 0.1) is 6.92 Å². The number of pyridine rings is 2. The molecule has 0 spiro atoms. The van der Waals surface area contributed by atoms with Crippen molar-refractivity contribution in [3.05, 3.63) is 70.5 Å². The van der Waals surface area contributed by atoms with Gasteiger partial charge in [0.25, 0.3) is 0 Å². The van der Waals surface area contributed by atoms with Crippen molar-refractivity contribution in [3.63, 3.8) is 0 Å². The van der Waals surface area contributed by atoms with Crippen molar-refractivity contribution in [2.45, 2.75) is 45.7 Å². The highest BCUT2D eigenvalue weighted by atomic mass is 16.3. The molecule has 0 aliphatic rings. The van der Waals surface area contributed by atoms with Gasteiger partial charge in [0.05, 0.1) is 17.9 Å². The predicted molar refractivity (Wildman–Crippen MR) is 118 cm³/mol. The van der Waals surface area contributed by atoms with Crippen LogP contribution in [-0.2, 0) is 13.1 Å². The van der Waals surface area contributed by atoms with Gasteiger partial charge in [-0.1, -0.05) is 18.9 Å². The Balaban J connectivity index is 1.33. The molecule has 0 amide bonds. The Kier molecular flexibility index (Phi) is 7.77. The molecule has 0 atom stereocenters. The molecule has 0 aliphatic heterocycles. The van der Waals surface area contributed by atoms with Gasteiger partial charge in [-0.05, 0) is 38.0 Å². The lowest BCUT2D eigenvalue weighted by Crippen LogP contribution is -2.10. The molecule has 0 fully saturated rings. The summed E-state index contributed by atoms with van der Waals surface area (Å²) in [4.78, 5) is 24.4. The fourth-order valence-electron chi connectivity index (χ4n) is 3.10. The van der Waals surface area contributed by atoms with Gasteiger partial charge in [0.1, 0.15) is 5.82 Å². The minimum Gasteiger partial charge on any atom is -0.503 e. The van der Waals surface area contributed by atoms with E-state index < -0.39 is 0 Å². The zero-order valence-corrected chi connectivity index (χ0v) is 17.2. The number of anilines is 2. The molecule has 0 saturated heterocycles. The zero-order chi connectivity index (χ0) is 21.2. The van der Waals surface area contributed by atoms with Crippen LogP contribution in [0.4, 0.5) is 11.8 Å². The SMILES string of the molecule is Cc1c(O)c(=O)ccn1CCCCCCNc1ccnc(NCc2ccccn2)n1. The summed E-state index contributed by atoms with van der Waals surface area (Å²) in [7, 11) is 0. The molecule has 0 saturated carbocycles. The van der Waals surface area contributed by atoms with E-state index in [9.17, 15) is 9.90 Å². The first-order valence-corrected chi connectivity index (χ1v) is 10.2. The van der Waals surface area contributed by atoms with Crippen LogP contribution < -0.4 is 16.1 Å². The van der Waals surface area contributed by atoms with E-state index in [1.165, 1.54) is 6.07 Å². The first-order chi connectivity index (χ1) is 14.6. The Hall–Kier alpha value is -3.42. The van der Waals surface area contributed by atoms with E-state index in [1.807, 2.05) is 28.8 Å². The lowest BCUT2D eigenvalue weighted by atomic mass is 10.2. The Morgan fingerprint density at radius 2 is 1.87 bits per heavy atom. The Bertz CT molecular complexity index is 990. The molecule has 0 unspecified atom stereocenters. The second-order valence-electron chi connectivity index (χ2n) is 7.09. The minimum atomic E-state index is -0.324. The van der Waals surface area contributed by atoms with Crippen molar-refractivity contribution in [1.29, 1.82) is 0 Å². The lowest BCUT2D eigenvalue weighted by Gasteiger charge is -2.11. The fraction of sp³-hybridized carbons (Fsp3) is 0.364. The first-order valence-electron chi connectivity index (χ1n) is 10.2. The molecule has 3 rings (SSSR count). The summed E-state index contributed by atoms with van der Waals surface area (Å²) in [5, 5.41) is 16.2. The molecule has 8 heteroatoms. The van der Waals surface area contributed by atoms with Gasteiger partial charge >= 0.3 is 0 Å². The monoisotopic (exact) mass is 408 g/mol. The Morgan fingerprint density at radius 1 is 1.00 bits per heavy atom. The third-order valence-electron chi connectivity index (χ3n) is 4.85. The number of aromatic nitrogens is 4. The number of aromatic hydroxyl groups is 1. The predicted octanol–water partition coefficient (Wildman–Crippen LogP) is 3.33. The van der Waals surface area contributed by atoms with E-state index >= 15 is 0 Å². The van der Waals surface area contributed by atoms with Gasteiger partial charge in [0.15, 0.2) is 5.75 Å². The summed E-state index contributed by atoms with van der Waals surface area (Å²) < 4.78 is 1.93. The molecule has 3 aromatic rings. The second kappa shape index (κ2) is 10.9. The molecule has 8 nitrogen and oxygen atoms in total. The van der Waals surface area contributed by atoms with E-state index in [1.54, 1.807) is 25.5 Å². The molecule has 3 heterocycles. The van der Waals surface area contributed by atoms with Crippen LogP contribution in [0.1, 0.15) is 37.1 Å². The van der Waals surface area contributed by atoms with E-state index in [-0.39, 0.29) is 11.2 Å². The highest BCUT2D eigenvalue weighted by Crippen LogP contribution is 2.12. The van der Waals surface area contributed by atoms with Crippen LogP contribution in [0.15, 0.2) is 53.7 Å². The Morgan fingerprint density at radius 3 is 2.70 bits per heavy atom. The van der Waals surface area contributed by atoms with Crippen molar-refractivity contribution in [1.82, 2.24) is 19.5 Å². The van der Waals surface area contributed by atoms with Gasteiger partial charge in [-0.2, -0.15) is 4.98 Å². The van der Waals surface area contributed by atoms with Gasteiger partial charge in [-0.25, -0.2) is 4.98 Å². The third kappa shape index (κ3) is 6.30. The van der Waals surface area contributed by atoms with Crippen LogP contribution in [0.5, 0.6) is 5.75 Å². The van der Waals surface area contributed by atoms with Gasteiger partial charge in [0.2, 0.25) is 11.4 Å². The molecule has 0 bridgehead atoms. The molecule has 30 heavy (non-hydrogen) atoms.